The van der Waals surface area contributed by atoms with Crippen molar-refractivity contribution in [3.8, 4) is 0 Å². The number of aromatic nitrogens is 2. The van der Waals surface area contributed by atoms with Crippen molar-refractivity contribution in [2.75, 3.05) is 0 Å². The smallest absolute Gasteiger partial charge is 0.329 e. The maximum absolute atomic E-state index is 10.5. The second-order valence-corrected chi connectivity index (χ2v) is 6.67. The number of carboxylic acid groups (broad SMARTS) is 1. The molecule has 0 aliphatic rings. The first-order valence-electron chi connectivity index (χ1n) is 6.92. The quantitative estimate of drug-likeness (QED) is 0.656. The zero-order chi connectivity index (χ0) is 17.4. The molecule has 1 unspecified atom stereocenters. The summed E-state index contributed by atoms with van der Waals surface area (Å²) in [5.74, 6) is -1.16. The van der Waals surface area contributed by atoms with Gasteiger partial charge in [-0.3, -0.25) is 0 Å². The molecule has 0 aliphatic heterocycles. The number of imidazole rings is 1. The lowest BCUT2D eigenvalue weighted by atomic mass is 10.1. The maximum atomic E-state index is 10.5. The number of isocyanates is 1. The van der Waals surface area contributed by atoms with Crippen LogP contribution in [0.2, 0.25) is 0 Å². The molecular weight excluding hydrogens is 286 g/mol. The average Bonchev–Trinajstić information content (AvgIpc) is 2.76. The molecule has 1 atom stereocenters. The van der Waals surface area contributed by atoms with Gasteiger partial charge in [-0.1, -0.05) is 0 Å². The Kier molecular flexibility index (Phi) is 7.70. The highest BCUT2D eigenvalue weighted by Crippen LogP contribution is 2.17. The van der Waals surface area contributed by atoms with E-state index in [9.17, 15) is 9.59 Å². The van der Waals surface area contributed by atoms with E-state index in [0.717, 1.165) is 0 Å². The summed E-state index contributed by atoms with van der Waals surface area (Å²) in [6.45, 7) is 12.4. The van der Waals surface area contributed by atoms with Crippen molar-refractivity contribution in [2.24, 2.45) is 4.99 Å². The summed E-state index contributed by atoms with van der Waals surface area (Å²) in [4.78, 5) is 30.0. The van der Waals surface area contributed by atoms with Crippen molar-refractivity contribution in [3.05, 3.63) is 18.2 Å². The molecule has 0 radical (unpaired) electrons. The van der Waals surface area contributed by atoms with E-state index in [1.54, 1.807) is 6.20 Å². The van der Waals surface area contributed by atoms with E-state index in [2.05, 4.69) is 56.5 Å². The molecule has 0 aromatic carbocycles. The number of carboxylic acids is 1. The monoisotopic (exact) mass is 311 g/mol. The largest absolute Gasteiger partial charge is 0.480 e. The number of aliphatic carboxylic acids is 1. The molecule has 0 bridgehead atoms. The topological polar surface area (TPSA) is 105 Å². The number of carbonyl (C=O) groups excluding carboxylic acids is 1. The molecule has 2 N–H and O–H groups in total. The Bertz CT molecular complexity index is 478. The minimum Gasteiger partial charge on any atom is -0.480 e. The highest BCUT2D eigenvalue weighted by atomic mass is 16.5. The van der Waals surface area contributed by atoms with Crippen LogP contribution in [0.4, 0.5) is 0 Å². The molecule has 0 amide bonds. The minimum atomic E-state index is -1.16. The summed E-state index contributed by atoms with van der Waals surface area (Å²) >= 11 is 0. The fourth-order valence-electron chi connectivity index (χ4n) is 1.77. The Morgan fingerprint density at radius 3 is 2.18 bits per heavy atom. The van der Waals surface area contributed by atoms with E-state index in [1.807, 2.05) is 0 Å². The molecule has 1 rings (SSSR count). The zero-order valence-corrected chi connectivity index (χ0v) is 14.0. The number of aromatic amines is 1. The van der Waals surface area contributed by atoms with Gasteiger partial charge in [-0.25, -0.2) is 14.6 Å². The normalized spacial score (nSPS) is 12.6. The number of ether oxygens (including phenoxy) is 1. The highest BCUT2D eigenvalue weighted by Gasteiger charge is 2.20. The lowest BCUT2D eigenvalue weighted by Crippen LogP contribution is -2.31. The van der Waals surface area contributed by atoms with Gasteiger partial charge >= 0.3 is 5.97 Å². The van der Waals surface area contributed by atoms with Crippen LogP contribution in [0.1, 0.15) is 47.2 Å². The summed E-state index contributed by atoms with van der Waals surface area (Å²) in [5, 5.41) is 8.59. The van der Waals surface area contributed by atoms with Gasteiger partial charge in [0.05, 0.1) is 23.2 Å². The number of rotatable bonds is 4. The average molecular weight is 311 g/mol. The molecule has 1 aromatic rings. The Labute approximate surface area is 130 Å². The predicted octanol–water partition coefficient (Wildman–Crippen LogP) is 2.34. The van der Waals surface area contributed by atoms with Crippen molar-refractivity contribution in [3.63, 3.8) is 0 Å². The van der Waals surface area contributed by atoms with Crippen LogP contribution in [0.25, 0.3) is 0 Å². The van der Waals surface area contributed by atoms with Crippen LogP contribution in [0.3, 0.4) is 0 Å². The van der Waals surface area contributed by atoms with Gasteiger partial charge in [-0.2, -0.15) is 4.99 Å². The Morgan fingerprint density at radius 2 is 1.91 bits per heavy atom. The first-order chi connectivity index (χ1) is 9.94. The third-order valence-electron chi connectivity index (χ3n) is 2.06. The van der Waals surface area contributed by atoms with E-state index >= 15 is 0 Å². The van der Waals surface area contributed by atoms with Crippen LogP contribution in [0.15, 0.2) is 17.5 Å². The van der Waals surface area contributed by atoms with Gasteiger partial charge in [0.1, 0.15) is 0 Å². The second-order valence-electron chi connectivity index (χ2n) is 6.67. The van der Waals surface area contributed by atoms with Crippen molar-refractivity contribution in [1.82, 2.24) is 9.97 Å². The zero-order valence-electron chi connectivity index (χ0n) is 14.0. The number of hydrogen-bond acceptors (Lipinski definition) is 5. The summed E-state index contributed by atoms with van der Waals surface area (Å²) < 4.78 is 5.62. The molecule has 1 aromatic heterocycles. The van der Waals surface area contributed by atoms with Gasteiger partial charge in [-0.05, 0) is 41.5 Å². The molecule has 0 fully saturated rings. The second kappa shape index (κ2) is 8.46. The molecule has 7 nitrogen and oxygen atoms in total. The van der Waals surface area contributed by atoms with Gasteiger partial charge in [0.2, 0.25) is 6.08 Å². The van der Waals surface area contributed by atoms with Crippen molar-refractivity contribution in [2.45, 2.75) is 65.2 Å². The van der Waals surface area contributed by atoms with Crippen molar-refractivity contribution < 1.29 is 19.4 Å². The SMILES string of the molecule is CC(C)(C)OC(C)(C)C.O=C=NC(Cc1c[nH]cn1)C(=O)O. The van der Waals surface area contributed by atoms with E-state index in [4.69, 9.17) is 9.84 Å². The molecule has 22 heavy (non-hydrogen) atoms. The molecule has 1 heterocycles. The van der Waals surface area contributed by atoms with Crippen LogP contribution in [0, 0.1) is 0 Å². The minimum absolute atomic E-state index is 0.0156. The van der Waals surface area contributed by atoms with Crippen LogP contribution >= 0.6 is 0 Å². The molecule has 124 valence electrons. The van der Waals surface area contributed by atoms with Crippen molar-refractivity contribution in [1.29, 1.82) is 0 Å². The number of carbonyl (C=O) groups is 1. The van der Waals surface area contributed by atoms with Crippen LogP contribution < -0.4 is 0 Å². The third-order valence-corrected chi connectivity index (χ3v) is 2.06. The molecular formula is C15H25N3O4. The fraction of sp³-hybridized carbons (Fsp3) is 0.667. The third kappa shape index (κ3) is 10.8. The number of nitrogens with zero attached hydrogens (tertiary/aromatic N) is 2. The van der Waals surface area contributed by atoms with E-state index in [0.29, 0.717) is 5.69 Å². The maximum Gasteiger partial charge on any atom is 0.329 e. The number of hydrogen-bond donors (Lipinski definition) is 2. The number of nitrogens with one attached hydrogen (secondary N) is 1. The Morgan fingerprint density at radius 1 is 1.36 bits per heavy atom. The van der Waals surface area contributed by atoms with E-state index in [1.165, 1.54) is 12.4 Å². The Hall–Kier alpha value is -1.98. The van der Waals surface area contributed by atoms with E-state index < -0.39 is 12.0 Å². The van der Waals surface area contributed by atoms with Gasteiger partial charge < -0.3 is 14.8 Å². The molecule has 0 saturated carbocycles. The number of H-pyrrole nitrogens is 1. The van der Waals surface area contributed by atoms with Crippen LogP contribution in [0.5, 0.6) is 0 Å². The first kappa shape index (κ1) is 20.0. The van der Waals surface area contributed by atoms with E-state index in [-0.39, 0.29) is 17.6 Å². The van der Waals surface area contributed by atoms with Crippen molar-refractivity contribution >= 4 is 12.0 Å². The summed E-state index contributed by atoms with van der Waals surface area (Å²) in [7, 11) is 0. The van der Waals surface area contributed by atoms with Gasteiger partial charge in [0.25, 0.3) is 0 Å². The van der Waals surface area contributed by atoms with Gasteiger partial charge in [0.15, 0.2) is 6.04 Å². The first-order valence-corrected chi connectivity index (χ1v) is 6.92. The summed E-state index contributed by atoms with van der Waals surface area (Å²) in [6, 6.07) is -1.10. The van der Waals surface area contributed by atoms with Crippen LogP contribution in [-0.2, 0) is 20.7 Å². The Balaban J connectivity index is 0.000000433. The molecule has 0 spiro atoms. The molecule has 0 saturated heterocycles. The lowest BCUT2D eigenvalue weighted by molar-refractivity contribution is -0.138. The lowest BCUT2D eigenvalue weighted by Gasteiger charge is -2.30. The predicted molar refractivity (Wildman–Crippen MR) is 82.4 cm³/mol. The summed E-state index contributed by atoms with van der Waals surface area (Å²) in [6.07, 6.45) is 4.29. The summed E-state index contributed by atoms with van der Waals surface area (Å²) in [5.41, 5.74) is 0.516. The molecule has 0 aliphatic carbocycles. The fourth-order valence-corrected chi connectivity index (χ4v) is 1.77. The number of aliphatic imine (C=N–C) groups is 1. The standard InChI is InChI=1S/C8H18O.C7H7N3O3/c1-7(2,3)9-8(4,5)6;11-4-10-6(7(12)13)1-5-2-8-3-9-5/h1-6H3;2-3,6H,1H2,(H,8,9)(H,12,13). The highest BCUT2D eigenvalue weighted by molar-refractivity contribution is 5.75. The molecule has 7 heteroatoms. The van der Waals surface area contributed by atoms with Crippen LogP contribution in [-0.4, -0.2) is 44.4 Å². The van der Waals surface area contributed by atoms with Gasteiger partial charge in [-0.15, -0.1) is 0 Å². The van der Waals surface area contributed by atoms with Gasteiger partial charge in [0, 0.05) is 12.6 Å².